The number of carbonyl (C=O) groups is 2. The minimum absolute atomic E-state index is 0.0528. The van der Waals surface area contributed by atoms with Crippen LogP contribution in [0.1, 0.15) is 18.9 Å². The first kappa shape index (κ1) is 16.4. The van der Waals surface area contributed by atoms with Crippen LogP contribution in [0, 0.1) is 11.7 Å². The Bertz CT molecular complexity index is 549. The minimum atomic E-state index is -0.938. The highest BCUT2D eigenvalue weighted by Crippen LogP contribution is 2.16. The van der Waals surface area contributed by atoms with Gasteiger partial charge in [-0.15, -0.1) is 0 Å². The summed E-state index contributed by atoms with van der Waals surface area (Å²) in [5.74, 6) is -1.59. The van der Waals surface area contributed by atoms with Crippen LogP contribution in [-0.2, 0) is 20.7 Å². The summed E-state index contributed by atoms with van der Waals surface area (Å²) in [6, 6.07) is 6.21. The lowest BCUT2D eigenvalue weighted by Crippen LogP contribution is -2.48. The van der Waals surface area contributed by atoms with E-state index < -0.39 is 12.1 Å². The van der Waals surface area contributed by atoms with Gasteiger partial charge in [0.05, 0.1) is 19.1 Å². The standard InChI is InChI=1S/C16H20FNO4/c1-11(7-12-3-2-4-13(17)8-12)16(21)18-5-6-22-14(10-18)9-15(19)20/h2-4,8,11,14H,5-7,9-10H2,1H3,(H,19,20)/t11-,14-/m1/s1. The Morgan fingerprint density at radius 2 is 2.27 bits per heavy atom. The van der Waals surface area contributed by atoms with Crippen LogP contribution in [0.3, 0.4) is 0 Å². The van der Waals surface area contributed by atoms with Gasteiger partial charge in [0.1, 0.15) is 5.82 Å². The second kappa shape index (κ2) is 7.35. The third kappa shape index (κ3) is 4.53. The molecule has 1 N–H and O–H groups in total. The van der Waals surface area contributed by atoms with Gasteiger partial charge in [0, 0.05) is 19.0 Å². The molecular formula is C16H20FNO4. The van der Waals surface area contributed by atoms with E-state index >= 15 is 0 Å². The molecule has 2 atom stereocenters. The molecule has 0 radical (unpaired) electrons. The topological polar surface area (TPSA) is 66.8 Å². The highest BCUT2D eigenvalue weighted by Gasteiger charge is 2.28. The quantitative estimate of drug-likeness (QED) is 0.899. The zero-order chi connectivity index (χ0) is 16.1. The molecule has 0 unspecified atom stereocenters. The molecule has 1 fully saturated rings. The fourth-order valence-corrected chi connectivity index (χ4v) is 2.65. The van der Waals surface area contributed by atoms with Crippen molar-refractivity contribution in [3.63, 3.8) is 0 Å². The lowest BCUT2D eigenvalue weighted by Gasteiger charge is -2.34. The van der Waals surface area contributed by atoms with Crippen LogP contribution in [0.4, 0.5) is 4.39 Å². The van der Waals surface area contributed by atoms with Crippen molar-refractivity contribution in [3.8, 4) is 0 Å². The van der Waals surface area contributed by atoms with Crippen LogP contribution in [-0.4, -0.2) is 47.7 Å². The predicted octanol–water partition coefficient (Wildman–Crippen LogP) is 1.71. The van der Waals surface area contributed by atoms with E-state index in [9.17, 15) is 14.0 Å². The molecule has 0 bridgehead atoms. The number of carboxylic acids is 1. The number of rotatable bonds is 5. The van der Waals surface area contributed by atoms with Gasteiger partial charge in [0.2, 0.25) is 5.91 Å². The summed E-state index contributed by atoms with van der Waals surface area (Å²) in [5.41, 5.74) is 0.774. The summed E-state index contributed by atoms with van der Waals surface area (Å²) < 4.78 is 18.5. The Morgan fingerprint density at radius 1 is 1.50 bits per heavy atom. The first-order valence-corrected chi connectivity index (χ1v) is 7.32. The third-order valence-electron chi connectivity index (χ3n) is 3.71. The number of carbonyl (C=O) groups excluding carboxylic acids is 1. The normalized spacial score (nSPS) is 19.7. The Kier molecular flexibility index (Phi) is 5.49. The zero-order valence-electron chi connectivity index (χ0n) is 12.5. The molecule has 0 aliphatic carbocycles. The number of carboxylic acid groups (broad SMARTS) is 1. The summed E-state index contributed by atoms with van der Waals surface area (Å²) in [4.78, 5) is 24.8. The molecule has 1 saturated heterocycles. The first-order valence-electron chi connectivity index (χ1n) is 7.32. The Hall–Kier alpha value is -1.95. The van der Waals surface area contributed by atoms with E-state index in [0.717, 1.165) is 5.56 Å². The number of benzene rings is 1. The van der Waals surface area contributed by atoms with Crippen LogP contribution in [0.5, 0.6) is 0 Å². The molecule has 1 aromatic carbocycles. The molecule has 1 aromatic rings. The number of hydrogen-bond acceptors (Lipinski definition) is 3. The predicted molar refractivity (Wildman–Crippen MR) is 77.8 cm³/mol. The molecule has 1 aliphatic rings. The van der Waals surface area contributed by atoms with Crippen LogP contribution < -0.4 is 0 Å². The second-order valence-corrected chi connectivity index (χ2v) is 5.61. The number of nitrogens with zero attached hydrogens (tertiary/aromatic N) is 1. The van der Waals surface area contributed by atoms with Gasteiger partial charge in [-0.3, -0.25) is 9.59 Å². The number of hydrogen-bond donors (Lipinski definition) is 1. The maximum Gasteiger partial charge on any atom is 0.306 e. The molecular weight excluding hydrogens is 289 g/mol. The molecule has 1 amide bonds. The largest absolute Gasteiger partial charge is 0.481 e. The molecule has 0 aromatic heterocycles. The maximum absolute atomic E-state index is 13.2. The molecule has 5 nitrogen and oxygen atoms in total. The molecule has 120 valence electrons. The number of ether oxygens (including phenoxy) is 1. The molecule has 0 saturated carbocycles. The number of morpholine rings is 1. The lowest BCUT2D eigenvalue weighted by atomic mass is 9.99. The zero-order valence-corrected chi connectivity index (χ0v) is 12.5. The summed E-state index contributed by atoms with van der Waals surface area (Å²) in [7, 11) is 0. The highest BCUT2D eigenvalue weighted by molar-refractivity contribution is 5.79. The van der Waals surface area contributed by atoms with Gasteiger partial charge in [-0.1, -0.05) is 19.1 Å². The van der Waals surface area contributed by atoms with Gasteiger partial charge in [0.25, 0.3) is 0 Å². The fraction of sp³-hybridized carbons (Fsp3) is 0.500. The summed E-state index contributed by atoms with van der Waals surface area (Å²) >= 11 is 0. The average Bonchev–Trinajstić information content (AvgIpc) is 2.46. The van der Waals surface area contributed by atoms with Crippen molar-refractivity contribution >= 4 is 11.9 Å². The molecule has 6 heteroatoms. The summed E-state index contributed by atoms with van der Waals surface area (Å²) in [6.07, 6.45) is -0.115. The van der Waals surface area contributed by atoms with Crippen molar-refractivity contribution in [1.82, 2.24) is 4.90 Å². The molecule has 1 aliphatic heterocycles. The van der Waals surface area contributed by atoms with Crippen LogP contribution in [0.25, 0.3) is 0 Å². The average molecular weight is 309 g/mol. The van der Waals surface area contributed by atoms with Gasteiger partial charge in [-0.25, -0.2) is 4.39 Å². The molecule has 1 heterocycles. The SMILES string of the molecule is C[C@H](Cc1cccc(F)c1)C(=O)N1CCO[C@H](CC(=O)O)C1. The van der Waals surface area contributed by atoms with Crippen molar-refractivity contribution in [2.24, 2.45) is 5.92 Å². The maximum atomic E-state index is 13.2. The van der Waals surface area contributed by atoms with E-state index in [2.05, 4.69) is 0 Å². The van der Waals surface area contributed by atoms with Crippen molar-refractivity contribution in [2.75, 3.05) is 19.7 Å². The van der Waals surface area contributed by atoms with Crippen molar-refractivity contribution in [2.45, 2.75) is 25.9 Å². The highest BCUT2D eigenvalue weighted by atomic mass is 19.1. The summed E-state index contributed by atoms with van der Waals surface area (Å²) in [5, 5.41) is 8.80. The van der Waals surface area contributed by atoms with Crippen molar-refractivity contribution < 1.29 is 23.8 Å². The number of halogens is 1. The van der Waals surface area contributed by atoms with Crippen molar-refractivity contribution in [1.29, 1.82) is 0 Å². The molecule has 2 rings (SSSR count). The smallest absolute Gasteiger partial charge is 0.306 e. The van der Waals surface area contributed by atoms with Gasteiger partial charge in [0.15, 0.2) is 0 Å². The third-order valence-corrected chi connectivity index (χ3v) is 3.71. The van der Waals surface area contributed by atoms with E-state index in [0.29, 0.717) is 26.1 Å². The van der Waals surface area contributed by atoms with E-state index in [1.54, 1.807) is 24.0 Å². The van der Waals surface area contributed by atoms with E-state index in [1.165, 1.54) is 12.1 Å². The van der Waals surface area contributed by atoms with Crippen LogP contribution in [0.2, 0.25) is 0 Å². The Labute approximate surface area is 128 Å². The van der Waals surface area contributed by atoms with Gasteiger partial charge in [-0.05, 0) is 24.1 Å². The van der Waals surface area contributed by atoms with Gasteiger partial charge in [-0.2, -0.15) is 0 Å². The lowest BCUT2D eigenvalue weighted by molar-refractivity contribution is -0.149. The van der Waals surface area contributed by atoms with Crippen LogP contribution >= 0.6 is 0 Å². The van der Waals surface area contributed by atoms with E-state index in [4.69, 9.17) is 9.84 Å². The van der Waals surface area contributed by atoms with Gasteiger partial charge < -0.3 is 14.7 Å². The molecule has 0 spiro atoms. The first-order chi connectivity index (χ1) is 10.5. The Balaban J connectivity index is 1.93. The van der Waals surface area contributed by atoms with E-state index in [1.807, 2.05) is 0 Å². The van der Waals surface area contributed by atoms with Gasteiger partial charge >= 0.3 is 5.97 Å². The second-order valence-electron chi connectivity index (χ2n) is 5.61. The number of amides is 1. The van der Waals surface area contributed by atoms with Crippen LogP contribution in [0.15, 0.2) is 24.3 Å². The Morgan fingerprint density at radius 3 is 2.95 bits per heavy atom. The van der Waals surface area contributed by atoms with E-state index in [-0.39, 0.29) is 24.1 Å². The monoisotopic (exact) mass is 309 g/mol. The summed E-state index contributed by atoms with van der Waals surface area (Å²) in [6.45, 7) is 2.90. The van der Waals surface area contributed by atoms with Crippen molar-refractivity contribution in [3.05, 3.63) is 35.6 Å². The fourth-order valence-electron chi connectivity index (χ4n) is 2.65. The minimum Gasteiger partial charge on any atom is -0.481 e. The molecule has 22 heavy (non-hydrogen) atoms. The number of aliphatic carboxylic acids is 1.